The summed E-state index contributed by atoms with van der Waals surface area (Å²) in [6, 6.07) is 2.48. The van der Waals surface area contributed by atoms with Gasteiger partial charge in [0.15, 0.2) is 5.82 Å². The van der Waals surface area contributed by atoms with Crippen LogP contribution >= 0.6 is 0 Å². The summed E-state index contributed by atoms with van der Waals surface area (Å²) >= 11 is 0. The summed E-state index contributed by atoms with van der Waals surface area (Å²) in [5, 5.41) is 4.00. The standard InChI is InChI=1S/C13H8F4N4O2S/c14-8-5-7(13(15,16)17)10(12-19-2-1-3-20-12)6-4-9(21-11(6)8)24(18,22)23/h1-5,21H,(H2,18,22,23). The van der Waals surface area contributed by atoms with Crippen molar-refractivity contribution < 1.29 is 26.0 Å². The fourth-order valence-corrected chi connectivity index (χ4v) is 2.80. The summed E-state index contributed by atoms with van der Waals surface area (Å²) in [4.78, 5) is 9.67. The van der Waals surface area contributed by atoms with E-state index in [0.717, 1.165) is 6.07 Å². The Labute approximate surface area is 132 Å². The van der Waals surface area contributed by atoms with E-state index in [9.17, 15) is 26.0 Å². The van der Waals surface area contributed by atoms with Crippen LogP contribution in [0, 0.1) is 5.82 Å². The van der Waals surface area contributed by atoms with Crippen LogP contribution in [-0.2, 0) is 16.2 Å². The van der Waals surface area contributed by atoms with Gasteiger partial charge in [0.05, 0.1) is 11.1 Å². The third-order valence-electron chi connectivity index (χ3n) is 3.24. The van der Waals surface area contributed by atoms with Crippen LogP contribution in [0.2, 0.25) is 0 Å². The molecule has 24 heavy (non-hydrogen) atoms. The van der Waals surface area contributed by atoms with Gasteiger partial charge in [0.1, 0.15) is 10.8 Å². The summed E-state index contributed by atoms with van der Waals surface area (Å²) in [6.07, 6.45) is -2.47. The molecule has 0 saturated carbocycles. The van der Waals surface area contributed by atoms with E-state index in [0.29, 0.717) is 0 Å². The smallest absolute Gasteiger partial charge is 0.342 e. The number of alkyl halides is 3. The molecule has 1 aromatic carbocycles. The van der Waals surface area contributed by atoms with Crippen molar-refractivity contribution in [3.8, 4) is 11.4 Å². The van der Waals surface area contributed by atoms with Gasteiger partial charge in [-0.05, 0) is 18.2 Å². The molecule has 3 rings (SSSR count). The van der Waals surface area contributed by atoms with E-state index < -0.39 is 43.7 Å². The summed E-state index contributed by atoms with van der Waals surface area (Å²) in [5.41, 5.74) is -2.29. The molecule has 2 heterocycles. The number of benzene rings is 1. The highest BCUT2D eigenvalue weighted by Gasteiger charge is 2.37. The number of aromatic nitrogens is 3. The molecule has 0 aliphatic rings. The molecule has 0 aliphatic heterocycles. The molecular formula is C13H8F4N4O2S. The van der Waals surface area contributed by atoms with E-state index >= 15 is 0 Å². The van der Waals surface area contributed by atoms with Crippen LogP contribution in [-0.4, -0.2) is 23.4 Å². The third-order valence-corrected chi connectivity index (χ3v) is 4.08. The Kier molecular flexibility index (Phi) is 3.57. The molecule has 0 atom stereocenters. The second kappa shape index (κ2) is 5.24. The minimum Gasteiger partial charge on any atom is -0.342 e. The highest BCUT2D eigenvalue weighted by molar-refractivity contribution is 7.89. The number of sulfonamides is 1. The van der Waals surface area contributed by atoms with Gasteiger partial charge in [-0.1, -0.05) is 0 Å². The van der Waals surface area contributed by atoms with E-state index in [1.54, 1.807) is 0 Å². The van der Waals surface area contributed by atoms with Crippen LogP contribution in [0.3, 0.4) is 0 Å². The van der Waals surface area contributed by atoms with Gasteiger partial charge in [0, 0.05) is 23.3 Å². The molecule has 11 heteroatoms. The molecule has 0 amide bonds. The monoisotopic (exact) mass is 360 g/mol. The van der Waals surface area contributed by atoms with Crippen molar-refractivity contribution in [3.63, 3.8) is 0 Å². The topological polar surface area (TPSA) is 102 Å². The van der Waals surface area contributed by atoms with Gasteiger partial charge in [0.2, 0.25) is 0 Å². The van der Waals surface area contributed by atoms with Crippen LogP contribution in [0.5, 0.6) is 0 Å². The predicted molar refractivity (Wildman–Crippen MR) is 75.7 cm³/mol. The largest absolute Gasteiger partial charge is 0.417 e. The van der Waals surface area contributed by atoms with Crippen LogP contribution in [0.1, 0.15) is 5.56 Å². The molecule has 0 spiro atoms. The number of nitrogens with zero attached hydrogens (tertiary/aromatic N) is 2. The Balaban J connectivity index is 2.49. The molecule has 0 fully saturated rings. The Bertz CT molecular complexity index is 1030. The Morgan fingerprint density at radius 2 is 1.75 bits per heavy atom. The lowest BCUT2D eigenvalue weighted by Gasteiger charge is -2.13. The second-order valence-electron chi connectivity index (χ2n) is 4.82. The number of nitrogens with two attached hydrogens (primary N) is 1. The summed E-state index contributed by atoms with van der Waals surface area (Å²) in [6.45, 7) is 0. The Morgan fingerprint density at radius 3 is 2.29 bits per heavy atom. The number of halogens is 4. The van der Waals surface area contributed by atoms with Crippen molar-refractivity contribution in [3.05, 3.63) is 42.0 Å². The van der Waals surface area contributed by atoms with Gasteiger partial charge >= 0.3 is 6.18 Å². The molecule has 0 saturated heterocycles. The number of hydrogen-bond acceptors (Lipinski definition) is 4. The highest BCUT2D eigenvalue weighted by atomic mass is 32.2. The molecule has 0 aliphatic carbocycles. The SMILES string of the molecule is NS(=O)(=O)c1cc2c(-c3ncccn3)c(C(F)(F)F)cc(F)c2[nH]1. The molecule has 0 unspecified atom stereocenters. The maximum Gasteiger partial charge on any atom is 0.417 e. The fraction of sp³-hybridized carbons (Fsp3) is 0.0769. The minimum atomic E-state index is -4.90. The number of rotatable bonds is 2. The molecule has 3 aromatic rings. The number of H-pyrrole nitrogens is 1. The van der Waals surface area contributed by atoms with Gasteiger partial charge in [-0.25, -0.2) is 27.9 Å². The average molecular weight is 360 g/mol. The molecule has 0 bridgehead atoms. The van der Waals surface area contributed by atoms with Crippen molar-refractivity contribution in [1.82, 2.24) is 15.0 Å². The maximum absolute atomic E-state index is 14.1. The Hall–Kier alpha value is -2.53. The van der Waals surface area contributed by atoms with E-state index in [1.807, 2.05) is 0 Å². The van der Waals surface area contributed by atoms with Crippen molar-refractivity contribution in [2.45, 2.75) is 11.2 Å². The van der Waals surface area contributed by atoms with Gasteiger partial charge in [-0.3, -0.25) is 0 Å². The van der Waals surface area contributed by atoms with Crippen molar-refractivity contribution >= 4 is 20.9 Å². The van der Waals surface area contributed by atoms with Crippen molar-refractivity contribution in [1.29, 1.82) is 0 Å². The zero-order valence-corrected chi connectivity index (χ0v) is 12.4. The lowest BCUT2D eigenvalue weighted by atomic mass is 10.0. The van der Waals surface area contributed by atoms with Crippen LogP contribution in [0.15, 0.2) is 35.6 Å². The van der Waals surface area contributed by atoms with E-state index in [4.69, 9.17) is 5.14 Å². The van der Waals surface area contributed by atoms with Gasteiger partial charge in [-0.2, -0.15) is 13.2 Å². The first-order chi connectivity index (χ1) is 11.1. The van der Waals surface area contributed by atoms with Gasteiger partial charge < -0.3 is 4.98 Å². The lowest BCUT2D eigenvalue weighted by molar-refractivity contribution is -0.137. The predicted octanol–water partition coefficient (Wildman–Crippen LogP) is 2.43. The number of hydrogen-bond donors (Lipinski definition) is 2. The normalized spacial score (nSPS) is 12.7. The first kappa shape index (κ1) is 16.3. The average Bonchev–Trinajstić information content (AvgIpc) is 2.93. The van der Waals surface area contributed by atoms with Crippen molar-refractivity contribution in [2.75, 3.05) is 0 Å². The molecular weight excluding hydrogens is 352 g/mol. The van der Waals surface area contributed by atoms with Crippen LogP contribution < -0.4 is 5.14 Å². The number of primary sulfonamides is 1. The third kappa shape index (κ3) is 2.71. The first-order valence-corrected chi connectivity index (χ1v) is 7.86. The first-order valence-electron chi connectivity index (χ1n) is 6.31. The van der Waals surface area contributed by atoms with Crippen LogP contribution in [0.4, 0.5) is 17.6 Å². The van der Waals surface area contributed by atoms with E-state index in [1.165, 1.54) is 18.5 Å². The molecule has 3 N–H and O–H groups in total. The van der Waals surface area contributed by atoms with Crippen molar-refractivity contribution in [2.24, 2.45) is 5.14 Å². The number of aromatic amines is 1. The second-order valence-corrected chi connectivity index (χ2v) is 6.35. The van der Waals surface area contributed by atoms with Crippen LogP contribution in [0.25, 0.3) is 22.3 Å². The summed E-state index contributed by atoms with van der Waals surface area (Å²) in [5.74, 6) is -1.60. The molecule has 126 valence electrons. The van der Waals surface area contributed by atoms with E-state index in [-0.39, 0.29) is 17.3 Å². The quantitative estimate of drug-likeness (QED) is 0.685. The van der Waals surface area contributed by atoms with Gasteiger partial charge in [-0.15, -0.1) is 0 Å². The molecule has 6 nitrogen and oxygen atoms in total. The zero-order chi connectivity index (χ0) is 17.7. The summed E-state index contributed by atoms with van der Waals surface area (Å²) < 4.78 is 76.8. The fourth-order valence-electron chi connectivity index (χ4n) is 2.28. The zero-order valence-electron chi connectivity index (χ0n) is 11.6. The lowest BCUT2D eigenvalue weighted by Crippen LogP contribution is -2.12. The van der Waals surface area contributed by atoms with Gasteiger partial charge in [0.25, 0.3) is 10.0 Å². The maximum atomic E-state index is 14.1. The van der Waals surface area contributed by atoms with E-state index in [2.05, 4.69) is 15.0 Å². The number of nitrogens with one attached hydrogen (secondary N) is 1. The molecule has 2 aromatic heterocycles. The summed E-state index contributed by atoms with van der Waals surface area (Å²) in [7, 11) is -4.27. The Morgan fingerprint density at radius 1 is 1.12 bits per heavy atom. The highest BCUT2D eigenvalue weighted by Crippen LogP contribution is 2.41. The minimum absolute atomic E-state index is 0.261. The number of fused-ring (bicyclic) bond motifs is 1. The molecule has 0 radical (unpaired) electrons.